The lowest BCUT2D eigenvalue weighted by molar-refractivity contribution is -0.123. The van der Waals surface area contributed by atoms with E-state index >= 15 is 0 Å². The molecule has 0 radical (unpaired) electrons. The Morgan fingerprint density at radius 2 is 2.00 bits per heavy atom. The summed E-state index contributed by atoms with van der Waals surface area (Å²) in [6, 6.07) is 7.78. The molecule has 0 spiro atoms. The third-order valence-electron chi connectivity index (χ3n) is 4.54. The first-order chi connectivity index (χ1) is 12.5. The zero-order valence-corrected chi connectivity index (χ0v) is 15.6. The lowest BCUT2D eigenvalue weighted by Gasteiger charge is -2.29. The summed E-state index contributed by atoms with van der Waals surface area (Å²) in [6.45, 7) is 6.11. The predicted octanol–water partition coefficient (Wildman–Crippen LogP) is 2.45. The molecule has 0 saturated carbocycles. The number of aromatic nitrogens is 2. The summed E-state index contributed by atoms with van der Waals surface area (Å²) in [5.41, 5.74) is 0.906. The second-order valence-corrected chi connectivity index (χ2v) is 6.96. The summed E-state index contributed by atoms with van der Waals surface area (Å²) < 4.78 is 10.7. The summed E-state index contributed by atoms with van der Waals surface area (Å²) in [7, 11) is 1.64. The number of piperidine rings is 1. The highest BCUT2D eigenvalue weighted by atomic mass is 16.5. The van der Waals surface area contributed by atoms with Crippen molar-refractivity contribution in [2.24, 2.45) is 0 Å². The van der Waals surface area contributed by atoms with Crippen LogP contribution >= 0.6 is 0 Å². The van der Waals surface area contributed by atoms with Gasteiger partial charge in [0.2, 0.25) is 17.6 Å². The van der Waals surface area contributed by atoms with Gasteiger partial charge < -0.3 is 14.6 Å². The standard InChI is InChI=1S/C19H26N4O3/c1-13(2)20-17(24)12-23-10-8-15(9-11-23)19-21-18(22-26-19)14-4-6-16(25-3)7-5-14/h4-7,13,15H,8-12H2,1-3H3,(H,20,24). The van der Waals surface area contributed by atoms with Gasteiger partial charge in [-0.1, -0.05) is 5.16 Å². The first-order valence-corrected chi connectivity index (χ1v) is 9.05. The Balaban J connectivity index is 1.55. The fraction of sp³-hybridized carbons (Fsp3) is 0.526. The van der Waals surface area contributed by atoms with Gasteiger partial charge in [-0.3, -0.25) is 9.69 Å². The molecule has 3 rings (SSSR count). The van der Waals surface area contributed by atoms with Gasteiger partial charge in [0.15, 0.2) is 0 Å². The third-order valence-corrected chi connectivity index (χ3v) is 4.54. The van der Waals surface area contributed by atoms with Gasteiger partial charge in [-0.2, -0.15) is 4.98 Å². The topological polar surface area (TPSA) is 80.5 Å². The summed E-state index contributed by atoms with van der Waals surface area (Å²) >= 11 is 0. The van der Waals surface area contributed by atoms with Crippen molar-refractivity contribution in [3.05, 3.63) is 30.2 Å². The Morgan fingerprint density at radius 1 is 1.31 bits per heavy atom. The van der Waals surface area contributed by atoms with Gasteiger partial charge in [0.25, 0.3) is 0 Å². The summed E-state index contributed by atoms with van der Waals surface area (Å²) in [4.78, 5) is 18.6. The van der Waals surface area contributed by atoms with Crippen molar-refractivity contribution < 1.29 is 14.1 Å². The highest BCUT2D eigenvalue weighted by Gasteiger charge is 2.26. The Labute approximate surface area is 153 Å². The van der Waals surface area contributed by atoms with Crippen molar-refractivity contribution in [2.45, 2.75) is 38.6 Å². The van der Waals surface area contributed by atoms with E-state index in [4.69, 9.17) is 9.26 Å². The van der Waals surface area contributed by atoms with E-state index < -0.39 is 0 Å². The van der Waals surface area contributed by atoms with Crippen LogP contribution < -0.4 is 10.1 Å². The van der Waals surface area contributed by atoms with Crippen LogP contribution in [0.5, 0.6) is 5.75 Å². The maximum Gasteiger partial charge on any atom is 0.234 e. The molecule has 1 saturated heterocycles. The SMILES string of the molecule is COc1ccc(-c2noc(C3CCN(CC(=O)NC(C)C)CC3)n2)cc1. The molecule has 0 bridgehead atoms. The van der Waals surface area contributed by atoms with Crippen LogP contribution in [0.4, 0.5) is 0 Å². The van der Waals surface area contributed by atoms with Crippen LogP contribution in [0.2, 0.25) is 0 Å². The molecular weight excluding hydrogens is 332 g/mol. The fourth-order valence-electron chi connectivity index (χ4n) is 3.17. The lowest BCUT2D eigenvalue weighted by Crippen LogP contribution is -2.43. The van der Waals surface area contributed by atoms with Gasteiger partial charge in [0.05, 0.1) is 13.7 Å². The molecule has 140 valence electrons. The molecular formula is C19H26N4O3. The Kier molecular flexibility index (Phi) is 5.88. The minimum absolute atomic E-state index is 0.0815. The van der Waals surface area contributed by atoms with E-state index in [1.54, 1.807) is 7.11 Å². The average Bonchev–Trinajstić information content (AvgIpc) is 3.12. The summed E-state index contributed by atoms with van der Waals surface area (Å²) in [5.74, 6) is 2.41. The predicted molar refractivity (Wildman–Crippen MR) is 98.0 cm³/mol. The van der Waals surface area contributed by atoms with Crippen LogP contribution in [0, 0.1) is 0 Å². The van der Waals surface area contributed by atoms with Crippen molar-refractivity contribution in [3.8, 4) is 17.1 Å². The molecule has 1 aromatic heterocycles. The molecule has 2 heterocycles. The van der Waals surface area contributed by atoms with Crippen LogP contribution in [0.15, 0.2) is 28.8 Å². The molecule has 1 N–H and O–H groups in total. The average molecular weight is 358 g/mol. The number of hydrogen-bond donors (Lipinski definition) is 1. The monoisotopic (exact) mass is 358 g/mol. The molecule has 1 aromatic carbocycles. The minimum atomic E-state index is 0.0815. The zero-order valence-electron chi connectivity index (χ0n) is 15.6. The van der Waals surface area contributed by atoms with E-state index in [0.29, 0.717) is 18.3 Å². The van der Waals surface area contributed by atoms with E-state index in [1.807, 2.05) is 38.1 Å². The van der Waals surface area contributed by atoms with Crippen LogP contribution in [0.3, 0.4) is 0 Å². The lowest BCUT2D eigenvalue weighted by atomic mass is 9.97. The Bertz CT molecular complexity index is 719. The molecule has 7 nitrogen and oxygen atoms in total. The van der Waals surface area contributed by atoms with E-state index in [2.05, 4.69) is 20.4 Å². The van der Waals surface area contributed by atoms with E-state index in [-0.39, 0.29) is 17.9 Å². The molecule has 1 fully saturated rings. The summed E-state index contributed by atoms with van der Waals surface area (Å²) in [6.07, 6.45) is 1.83. The second-order valence-electron chi connectivity index (χ2n) is 6.96. The maximum absolute atomic E-state index is 11.9. The van der Waals surface area contributed by atoms with Crippen LogP contribution in [0.1, 0.15) is 38.5 Å². The quantitative estimate of drug-likeness (QED) is 0.854. The normalized spacial score (nSPS) is 16.0. The zero-order chi connectivity index (χ0) is 18.5. The molecule has 0 unspecified atom stereocenters. The first-order valence-electron chi connectivity index (χ1n) is 9.05. The first kappa shape index (κ1) is 18.4. The van der Waals surface area contributed by atoms with Gasteiger partial charge in [0, 0.05) is 17.5 Å². The van der Waals surface area contributed by atoms with Crippen molar-refractivity contribution in [1.82, 2.24) is 20.4 Å². The number of likely N-dealkylation sites (tertiary alicyclic amines) is 1. The minimum Gasteiger partial charge on any atom is -0.497 e. The number of amides is 1. The van der Waals surface area contributed by atoms with Crippen molar-refractivity contribution >= 4 is 5.91 Å². The van der Waals surface area contributed by atoms with Crippen molar-refractivity contribution in [3.63, 3.8) is 0 Å². The number of methoxy groups -OCH3 is 1. The van der Waals surface area contributed by atoms with Gasteiger partial charge >= 0.3 is 0 Å². The van der Waals surface area contributed by atoms with Crippen molar-refractivity contribution in [1.29, 1.82) is 0 Å². The highest BCUT2D eigenvalue weighted by Crippen LogP contribution is 2.28. The van der Waals surface area contributed by atoms with Crippen LogP contribution in [0.25, 0.3) is 11.4 Å². The molecule has 1 aliphatic heterocycles. The molecule has 2 aromatic rings. The number of carbonyl (C=O) groups excluding carboxylic acids is 1. The van der Waals surface area contributed by atoms with Gasteiger partial charge in [-0.15, -0.1) is 0 Å². The van der Waals surface area contributed by atoms with E-state index in [9.17, 15) is 4.79 Å². The number of ether oxygens (including phenoxy) is 1. The molecule has 26 heavy (non-hydrogen) atoms. The van der Waals surface area contributed by atoms with Crippen LogP contribution in [-0.2, 0) is 4.79 Å². The number of rotatable bonds is 6. The fourth-order valence-corrected chi connectivity index (χ4v) is 3.17. The van der Waals surface area contributed by atoms with Gasteiger partial charge in [-0.05, 0) is 64.0 Å². The highest BCUT2D eigenvalue weighted by molar-refractivity contribution is 5.78. The Hall–Kier alpha value is -2.41. The Morgan fingerprint density at radius 3 is 2.62 bits per heavy atom. The third kappa shape index (κ3) is 4.60. The number of benzene rings is 1. The number of hydrogen-bond acceptors (Lipinski definition) is 6. The van der Waals surface area contributed by atoms with Gasteiger partial charge in [-0.25, -0.2) is 0 Å². The molecule has 1 aliphatic rings. The van der Waals surface area contributed by atoms with Gasteiger partial charge in [0.1, 0.15) is 5.75 Å². The van der Waals surface area contributed by atoms with Crippen molar-refractivity contribution in [2.75, 3.05) is 26.7 Å². The smallest absolute Gasteiger partial charge is 0.234 e. The van der Waals surface area contributed by atoms with E-state index in [1.165, 1.54) is 0 Å². The molecule has 1 amide bonds. The largest absolute Gasteiger partial charge is 0.497 e. The van der Waals surface area contributed by atoms with Crippen LogP contribution in [-0.4, -0.2) is 53.7 Å². The summed E-state index contributed by atoms with van der Waals surface area (Å²) in [5, 5.41) is 7.04. The second kappa shape index (κ2) is 8.31. The number of nitrogens with one attached hydrogen (secondary N) is 1. The maximum atomic E-state index is 11.9. The van der Waals surface area contributed by atoms with E-state index in [0.717, 1.165) is 37.2 Å². The molecule has 7 heteroatoms. The molecule has 0 aliphatic carbocycles. The number of carbonyl (C=O) groups is 1. The molecule has 0 atom stereocenters. The number of nitrogens with zero attached hydrogens (tertiary/aromatic N) is 3.